The predicted molar refractivity (Wildman–Crippen MR) is 77.9 cm³/mol. The zero-order valence-electron chi connectivity index (χ0n) is 11.9. The molecule has 23 heavy (non-hydrogen) atoms. The van der Waals surface area contributed by atoms with E-state index in [0.717, 1.165) is 6.07 Å². The number of phenolic OH excluding ortho intramolecular Hbond substituents is 1. The van der Waals surface area contributed by atoms with Crippen molar-refractivity contribution in [1.29, 1.82) is 0 Å². The highest BCUT2D eigenvalue weighted by atomic mass is 19.1. The molecule has 0 saturated heterocycles. The van der Waals surface area contributed by atoms with Crippen LogP contribution in [-0.2, 0) is 4.79 Å². The third kappa shape index (κ3) is 2.46. The van der Waals surface area contributed by atoms with Crippen molar-refractivity contribution in [3.63, 3.8) is 0 Å². The van der Waals surface area contributed by atoms with Gasteiger partial charge in [0.2, 0.25) is 5.82 Å². The van der Waals surface area contributed by atoms with Crippen LogP contribution >= 0.6 is 0 Å². The van der Waals surface area contributed by atoms with Crippen molar-refractivity contribution in [2.24, 2.45) is 0 Å². The second-order valence-electron chi connectivity index (χ2n) is 5.03. The smallest absolute Gasteiger partial charge is 0.347 e. The molecule has 1 aromatic carbocycles. The highest BCUT2D eigenvalue weighted by Crippen LogP contribution is 2.29. The molecule has 1 atom stereocenters. The standard InChI is InChI=1S/C16H11FO6/c1-7(15(19)20)11-4-5-12(22-11)9-6-8-2-3-10(18)13(17)14(8)23-16(9)21/h2-7,18H,1H3,(H,19,20). The number of carboxylic acid groups (broad SMARTS) is 1. The highest BCUT2D eigenvalue weighted by Gasteiger charge is 2.20. The van der Waals surface area contributed by atoms with Crippen LogP contribution in [0.5, 0.6) is 5.75 Å². The van der Waals surface area contributed by atoms with Crippen molar-refractivity contribution in [2.45, 2.75) is 12.8 Å². The van der Waals surface area contributed by atoms with Gasteiger partial charge in [0.15, 0.2) is 11.3 Å². The summed E-state index contributed by atoms with van der Waals surface area (Å²) in [6.45, 7) is 1.45. The first kappa shape index (κ1) is 14.8. The Morgan fingerprint density at radius 2 is 1.96 bits per heavy atom. The Hall–Kier alpha value is -3.09. The first-order valence-electron chi connectivity index (χ1n) is 6.66. The van der Waals surface area contributed by atoms with Crippen molar-refractivity contribution < 1.29 is 28.2 Å². The Morgan fingerprint density at radius 1 is 1.22 bits per heavy atom. The highest BCUT2D eigenvalue weighted by molar-refractivity contribution is 5.82. The molecule has 2 heterocycles. The fourth-order valence-corrected chi connectivity index (χ4v) is 2.16. The van der Waals surface area contributed by atoms with Gasteiger partial charge in [-0.2, -0.15) is 4.39 Å². The maximum absolute atomic E-state index is 13.7. The number of carbonyl (C=O) groups is 1. The number of carboxylic acids is 1. The largest absolute Gasteiger partial charge is 0.505 e. The predicted octanol–water partition coefficient (Wildman–Crippen LogP) is 3.09. The Bertz CT molecular complexity index is 968. The molecule has 0 spiro atoms. The number of halogens is 1. The summed E-state index contributed by atoms with van der Waals surface area (Å²) >= 11 is 0. The Labute approximate surface area is 128 Å². The van der Waals surface area contributed by atoms with Crippen LogP contribution in [-0.4, -0.2) is 16.2 Å². The molecule has 1 unspecified atom stereocenters. The van der Waals surface area contributed by atoms with Crippen LogP contribution in [0.25, 0.3) is 22.3 Å². The van der Waals surface area contributed by atoms with E-state index in [4.69, 9.17) is 13.9 Å². The molecule has 3 rings (SSSR count). The first-order chi connectivity index (χ1) is 10.9. The van der Waals surface area contributed by atoms with E-state index in [1.54, 1.807) is 0 Å². The quantitative estimate of drug-likeness (QED) is 0.720. The van der Waals surface area contributed by atoms with Crippen LogP contribution < -0.4 is 5.63 Å². The topological polar surface area (TPSA) is 101 Å². The molecule has 2 aromatic heterocycles. The summed E-state index contributed by atoms with van der Waals surface area (Å²) in [5.74, 6) is -3.27. The molecule has 2 N–H and O–H groups in total. The number of fused-ring (bicyclic) bond motifs is 1. The molecular weight excluding hydrogens is 307 g/mol. The fourth-order valence-electron chi connectivity index (χ4n) is 2.16. The van der Waals surface area contributed by atoms with Gasteiger partial charge in [0.1, 0.15) is 23.0 Å². The third-order valence-electron chi connectivity index (χ3n) is 3.51. The van der Waals surface area contributed by atoms with E-state index in [0.29, 0.717) is 0 Å². The number of phenols is 1. The first-order valence-corrected chi connectivity index (χ1v) is 6.66. The zero-order chi connectivity index (χ0) is 16.7. The number of hydrogen-bond acceptors (Lipinski definition) is 5. The summed E-state index contributed by atoms with van der Waals surface area (Å²) in [7, 11) is 0. The average Bonchev–Trinajstić information content (AvgIpc) is 3.00. The number of rotatable bonds is 3. The minimum Gasteiger partial charge on any atom is -0.505 e. The molecule has 0 radical (unpaired) electrons. The van der Waals surface area contributed by atoms with E-state index in [2.05, 4.69) is 0 Å². The molecule has 6 nitrogen and oxygen atoms in total. The molecule has 0 saturated carbocycles. The van der Waals surface area contributed by atoms with Crippen molar-refractivity contribution >= 4 is 16.9 Å². The lowest BCUT2D eigenvalue weighted by Gasteiger charge is -2.03. The van der Waals surface area contributed by atoms with Gasteiger partial charge >= 0.3 is 11.6 Å². The molecule has 3 aromatic rings. The number of aliphatic carboxylic acids is 1. The maximum Gasteiger partial charge on any atom is 0.347 e. The molecule has 0 aliphatic carbocycles. The Morgan fingerprint density at radius 3 is 2.65 bits per heavy atom. The fraction of sp³-hybridized carbons (Fsp3) is 0.125. The molecule has 0 amide bonds. The molecule has 0 aliphatic heterocycles. The van der Waals surface area contributed by atoms with Gasteiger partial charge in [-0.05, 0) is 37.3 Å². The van der Waals surface area contributed by atoms with Gasteiger partial charge in [-0.15, -0.1) is 0 Å². The summed E-state index contributed by atoms with van der Waals surface area (Å²) in [6.07, 6.45) is 0. The van der Waals surface area contributed by atoms with Crippen LogP contribution in [0.15, 0.2) is 44.0 Å². The van der Waals surface area contributed by atoms with Gasteiger partial charge in [0, 0.05) is 5.39 Å². The minimum absolute atomic E-state index is 0.0337. The van der Waals surface area contributed by atoms with Crippen molar-refractivity contribution in [3.8, 4) is 17.1 Å². The van der Waals surface area contributed by atoms with E-state index in [9.17, 15) is 19.1 Å². The lowest BCUT2D eigenvalue weighted by molar-refractivity contribution is -0.138. The summed E-state index contributed by atoms with van der Waals surface area (Å²) < 4.78 is 24.0. The number of benzene rings is 1. The molecule has 0 fully saturated rings. The summed E-state index contributed by atoms with van der Waals surface area (Å²) in [4.78, 5) is 23.0. The van der Waals surface area contributed by atoms with Gasteiger partial charge in [0.25, 0.3) is 0 Å². The third-order valence-corrected chi connectivity index (χ3v) is 3.51. The number of aromatic hydroxyl groups is 1. The van der Waals surface area contributed by atoms with E-state index in [1.165, 1.54) is 31.2 Å². The van der Waals surface area contributed by atoms with Crippen LogP contribution in [0.1, 0.15) is 18.6 Å². The maximum atomic E-state index is 13.7. The van der Waals surface area contributed by atoms with E-state index in [-0.39, 0.29) is 28.1 Å². The average molecular weight is 318 g/mol. The van der Waals surface area contributed by atoms with Gasteiger partial charge < -0.3 is 19.0 Å². The van der Waals surface area contributed by atoms with E-state index >= 15 is 0 Å². The zero-order valence-corrected chi connectivity index (χ0v) is 11.9. The number of hydrogen-bond donors (Lipinski definition) is 2. The molecule has 0 bridgehead atoms. The van der Waals surface area contributed by atoms with Crippen molar-refractivity contribution in [3.05, 3.63) is 52.3 Å². The van der Waals surface area contributed by atoms with Gasteiger partial charge in [-0.3, -0.25) is 4.79 Å². The molecular formula is C16H11FO6. The summed E-state index contributed by atoms with van der Waals surface area (Å²) in [5, 5.41) is 18.5. The second-order valence-corrected chi connectivity index (χ2v) is 5.03. The summed E-state index contributed by atoms with van der Waals surface area (Å²) in [6, 6.07) is 6.79. The van der Waals surface area contributed by atoms with Crippen LogP contribution in [0.4, 0.5) is 4.39 Å². The van der Waals surface area contributed by atoms with Gasteiger partial charge in [0.05, 0.1) is 0 Å². The normalized spacial score (nSPS) is 12.4. The molecule has 118 valence electrons. The SMILES string of the molecule is CC(C(=O)O)c1ccc(-c2cc3ccc(O)c(F)c3oc2=O)o1. The molecule has 0 aliphatic rings. The van der Waals surface area contributed by atoms with Crippen molar-refractivity contribution in [1.82, 2.24) is 0 Å². The molecule has 7 heteroatoms. The monoisotopic (exact) mass is 318 g/mol. The Balaban J connectivity index is 2.14. The van der Waals surface area contributed by atoms with Crippen LogP contribution in [0, 0.1) is 5.82 Å². The summed E-state index contributed by atoms with van der Waals surface area (Å²) in [5.41, 5.74) is -1.18. The van der Waals surface area contributed by atoms with Crippen LogP contribution in [0.2, 0.25) is 0 Å². The van der Waals surface area contributed by atoms with E-state index < -0.39 is 29.1 Å². The number of furan rings is 1. The van der Waals surface area contributed by atoms with Gasteiger partial charge in [-0.25, -0.2) is 4.79 Å². The van der Waals surface area contributed by atoms with Gasteiger partial charge in [-0.1, -0.05) is 0 Å². The lowest BCUT2D eigenvalue weighted by atomic mass is 10.1. The Kier molecular flexibility index (Phi) is 3.40. The van der Waals surface area contributed by atoms with Crippen LogP contribution in [0.3, 0.4) is 0 Å². The van der Waals surface area contributed by atoms with E-state index in [1.807, 2.05) is 0 Å². The van der Waals surface area contributed by atoms with Crippen molar-refractivity contribution in [2.75, 3.05) is 0 Å². The second kappa shape index (κ2) is 5.28. The lowest BCUT2D eigenvalue weighted by Crippen LogP contribution is -2.06. The minimum atomic E-state index is -1.06.